The molecule has 7 nitrogen and oxygen atoms in total. The molecule has 2 aromatic carbocycles. The summed E-state index contributed by atoms with van der Waals surface area (Å²) in [6.45, 7) is 0.182. The van der Waals surface area contributed by atoms with Gasteiger partial charge in [-0.05, 0) is 24.1 Å². The number of ether oxygens (including phenoxy) is 2. The molecule has 1 aliphatic heterocycles. The summed E-state index contributed by atoms with van der Waals surface area (Å²) in [5.41, 5.74) is 1.74. The number of carbonyl (C=O) groups excluding carboxylic acids is 1. The molecule has 0 aliphatic carbocycles. The van der Waals surface area contributed by atoms with Crippen molar-refractivity contribution in [2.45, 2.75) is 12.8 Å². The molecule has 0 atom stereocenters. The molecule has 2 heterocycles. The molecule has 1 aromatic heterocycles. The lowest BCUT2D eigenvalue weighted by Crippen LogP contribution is -2.12. The van der Waals surface area contributed by atoms with Crippen LogP contribution in [0.25, 0.3) is 0 Å². The van der Waals surface area contributed by atoms with Crippen LogP contribution in [0.3, 0.4) is 0 Å². The van der Waals surface area contributed by atoms with Crippen molar-refractivity contribution in [3.05, 3.63) is 65.9 Å². The van der Waals surface area contributed by atoms with Crippen molar-refractivity contribution in [2.24, 2.45) is 0 Å². The minimum atomic E-state index is -0.461. The molecule has 0 radical (unpaired) electrons. The molecule has 1 amide bonds. The van der Waals surface area contributed by atoms with E-state index in [0.29, 0.717) is 29.5 Å². The van der Waals surface area contributed by atoms with Gasteiger partial charge < -0.3 is 19.2 Å². The average molecular weight is 337 g/mol. The zero-order valence-corrected chi connectivity index (χ0v) is 13.3. The van der Waals surface area contributed by atoms with Crippen LogP contribution in [0, 0.1) is 0 Å². The smallest absolute Gasteiger partial charge is 0.313 e. The van der Waals surface area contributed by atoms with Crippen molar-refractivity contribution in [1.82, 2.24) is 10.2 Å². The van der Waals surface area contributed by atoms with Gasteiger partial charge in [-0.3, -0.25) is 4.79 Å². The number of carbonyl (C=O) groups is 1. The summed E-state index contributed by atoms with van der Waals surface area (Å²) >= 11 is 0. The Labute approximate surface area is 143 Å². The third-order valence-corrected chi connectivity index (χ3v) is 3.76. The molecular formula is C18H15N3O4. The number of aryl methyl sites for hydroxylation is 2. The highest BCUT2D eigenvalue weighted by molar-refractivity contribution is 6.01. The second-order valence-corrected chi connectivity index (χ2v) is 5.51. The highest BCUT2D eigenvalue weighted by Crippen LogP contribution is 2.34. The van der Waals surface area contributed by atoms with Crippen LogP contribution in [0.1, 0.15) is 22.1 Å². The largest absolute Gasteiger partial charge is 0.454 e. The molecule has 1 aliphatic rings. The number of rotatable bonds is 5. The van der Waals surface area contributed by atoms with Gasteiger partial charge in [0.1, 0.15) is 0 Å². The summed E-state index contributed by atoms with van der Waals surface area (Å²) < 4.78 is 16.0. The van der Waals surface area contributed by atoms with Gasteiger partial charge in [0.25, 0.3) is 0 Å². The zero-order chi connectivity index (χ0) is 17.1. The number of fused-ring (bicyclic) bond motifs is 1. The number of anilines is 1. The molecule has 0 unspecified atom stereocenters. The van der Waals surface area contributed by atoms with E-state index >= 15 is 0 Å². The fraction of sp³-hybridized carbons (Fsp3) is 0.167. The third-order valence-electron chi connectivity index (χ3n) is 3.76. The van der Waals surface area contributed by atoms with Crippen LogP contribution in [0.2, 0.25) is 0 Å². The molecule has 3 aromatic rings. The van der Waals surface area contributed by atoms with Crippen molar-refractivity contribution in [3.63, 3.8) is 0 Å². The van der Waals surface area contributed by atoms with Gasteiger partial charge in [-0.1, -0.05) is 30.3 Å². The Morgan fingerprint density at radius 3 is 2.72 bits per heavy atom. The lowest BCUT2D eigenvalue weighted by molar-refractivity contribution is 0.0988. The molecular weight excluding hydrogens is 322 g/mol. The Morgan fingerprint density at radius 2 is 1.84 bits per heavy atom. The lowest BCUT2D eigenvalue weighted by Gasteiger charge is -2.03. The van der Waals surface area contributed by atoms with Crippen LogP contribution in [-0.4, -0.2) is 22.9 Å². The van der Waals surface area contributed by atoms with Crippen LogP contribution < -0.4 is 14.8 Å². The maximum Gasteiger partial charge on any atom is 0.313 e. The molecule has 25 heavy (non-hydrogen) atoms. The van der Waals surface area contributed by atoms with Gasteiger partial charge in [-0.25, -0.2) is 0 Å². The third kappa shape index (κ3) is 3.45. The Hall–Kier alpha value is -3.35. The van der Waals surface area contributed by atoms with E-state index in [4.69, 9.17) is 13.9 Å². The second kappa shape index (κ2) is 6.64. The Bertz CT molecular complexity index is 892. The molecule has 0 spiro atoms. The summed E-state index contributed by atoms with van der Waals surface area (Å²) in [6.07, 6.45) is 1.35. The van der Waals surface area contributed by atoms with Gasteiger partial charge in [-0.2, -0.15) is 0 Å². The normalized spacial score (nSPS) is 12.2. The number of aromatic nitrogens is 2. The lowest BCUT2D eigenvalue weighted by atomic mass is 10.1. The van der Waals surface area contributed by atoms with Gasteiger partial charge in [0.15, 0.2) is 11.5 Å². The van der Waals surface area contributed by atoms with Gasteiger partial charge in [-0.15, -0.1) is 10.2 Å². The Balaban J connectivity index is 1.38. The molecule has 1 N–H and O–H groups in total. The Morgan fingerprint density at radius 1 is 1.00 bits per heavy atom. The number of hydrogen-bond acceptors (Lipinski definition) is 6. The molecule has 0 saturated carbocycles. The number of hydrogen-bond donors (Lipinski definition) is 1. The first-order valence-corrected chi connectivity index (χ1v) is 7.85. The van der Waals surface area contributed by atoms with Crippen molar-refractivity contribution < 1.29 is 18.7 Å². The maximum absolute atomic E-state index is 12.2. The van der Waals surface area contributed by atoms with E-state index in [2.05, 4.69) is 15.5 Å². The Kier molecular flexibility index (Phi) is 4.04. The number of nitrogens with zero attached hydrogens (tertiary/aromatic N) is 2. The first kappa shape index (κ1) is 15.2. The number of nitrogens with one attached hydrogen (secondary N) is 1. The summed E-state index contributed by atoms with van der Waals surface area (Å²) in [6, 6.07) is 15.1. The van der Waals surface area contributed by atoms with E-state index in [1.807, 2.05) is 30.3 Å². The van der Waals surface area contributed by atoms with Gasteiger partial charge in [0.05, 0.1) is 0 Å². The van der Waals surface area contributed by atoms with E-state index in [-0.39, 0.29) is 12.7 Å². The van der Waals surface area contributed by atoms with Crippen molar-refractivity contribution in [2.75, 3.05) is 12.1 Å². The van der Waals surface area contributed by atoms with Crippen molar-refractivity contribution in [1.29, 1.82) is 0 Å². The summed E-state index contributed by atoms with van der Waals surface area (Å²) in [5, 5.41) is 10.4. The first-order chi connectivity index (χ1) is 12.3. The molecule has 7 heteroatoms. The summed E-state index contributed by atoms with van der Waals surface area (Å²) in [5.74, 6) is 1.14. The highest BCUT2D eigenvalue weighted by atomic mass is 16.7. The first-order valence-electron chi connectivity index (χ1n) is 7.85. The van der Waals surface area contributed by atoms with E-state index in [1.54, 1.807) is 18.2 Å². The summed E-state index contributed by atoms with van der Waals surface area (Å²) in [4.78, 5) is 12.2. The molecule has 126 valence electrons. The fourth-order valence-electron chi connectivity index (χ4n) is 2.50. The summed E-state index contributed by atoms with van der Waals surface area (Å²) in [7, 11) is 0. The SMILES string of the molecule is O=C(Nc1ccc2c(c1)OCO2)c1nnc(CCc2ccccc2)o1. The predicted molar refractivity (Wildman–Crippen MR) is 88.7 cm³/mol. The minimum absolute atomic E-state index is 0.0688. The molecule has 0 fully saturated rings. The predicted octanol–water partition coefficient (Wildman–Crippen LogP) is 2.84. The monoisotopic (exact) mass is 337 g/mol. The minimum Gasteiger partial charge on any atom is -0.454 e. The van der Waals surface area contributed by atoms with E-state index in [9.17, 15) is 4.79 Å². The molecule has 4 rings (SSSR count). The van der Waals surface area contributed by atoms with E-state index in [1.165, 1.54) is 5.56 Å². The maximum atomic E-state index is 12.2. The van der Waals surface area contributed by atoms with E-state index < -0.39 is 5.91 Å². The van der Waals surface area contributed by atoms with E-state index in [0.717, 1.165) is 6.42 Å². The standard InChI is InChI=1S/C18H15N3O4/c22-17(19-13-7-8-14-15(10-13)24-11-23-14)18-21-20-16(25-18)9-6-12-4-2-1-3-5-12/h1-5,7-8,10H,6,9,11H2,(H,19,22). The number of amides is 1. The quantitative estimate of drug-likeness (QED) is 0.770. The number of benzene rings is 2. The highest BCUT2D eigenvalue weighted by Gasteiger charge is 2.18. The molecule has 0 bridgehead atoms. The molecule has 0 saturated heterocycles. The van der Waals surface area contributed by atoms with Gasteiger partial charge in [0.2, 0.25) is 12.7 Å². The zero-order valence-electron chi connectivity index (χ0n) is 13.3. The van der Waals surface area contributed by atoms with Crippen LogP contribution in [0.4, 0.5) is 5.69 Å². The second-order valence-electron chi connectivity index (χ2n) is 5.51. The van der Waals surface area contributed by atoms with Crippen LogP contribution in [0.15, 0.2) is 52.9 Å². The van der Waals surface area contributed by atoms with Gasteiger partial charge in [0, 0.05) is 18.2 Å². The average Bonchev–Trinajstić information content (AvgIpc) is 3.30. The van der Waals surface area contributed by atoms with Gasteiger partial charge >= 0.3 is 11.8 Å². The van der Waals surface area contributed by atoms with Crippen LogP contribution in [-0.2, 0) is 12.8 Å². The van der Waals surface area contributed by atoms with Crippen LogP contribution >= 0.6 is 0 Å². The van der Waals surface area contributed by atoms with Crippen molar-refractivity contribution in [3.8, 4) is 11.5 Å². The van der Waals surface area contributed by atoms with Crippen LogP contribution in [0.5, 0.6) is 11.5 Å². The topological polar surface area (TPSA) is 86.5 Å². The van der Waals surface area contributed by atoms with Crippen molar-refractivity contribution >= 4 is 11.6 Å². The fourth-order valence-corrected chi connectivity index (χ4v) is 2.50.